The first-order valence-corrected chi connectivity index (χ1v) is 5.57. The Labute approximate surface area is 90.3 Å². The molecular weight excluding hydrogens is 194 g/mol. The highest BCUT2D eigenvalue weighted by Gasteiger charge is 2.34. The van der Waals surface area contributed by atoms with E-state index in [-0.39, 0.29) is 6.04 Å². The highest BCUT2D eigenvalue weighted by molar-refractivity contribution is 6.30. The van der Waals surface area contributed by atoms with Crippen molar-refractivity contribution in [1.82, 2.24) is 0 Å². The van der Waals surface area contributed by atoms with Crippen LogP contribution in [0.15, 0.2) is 24.3 Å². The number of nitrogens with two attached hydrogens (primary N) is 1. The summed E-state index contributed by atoms with van der Waals surface area (Å²) in [6, 6.07) is 8.36. The van der Waals surface area contributed by atoms with Crippen LogP contribution in [0.2, 0.25) is 5.02 Å². The molecule has 0 bridgehead atoms. The Hall–Kier alpha value is -0.530. The second-order valence-corrected chi connectivity index (χ2v) is 4.71. The number of hydrogen-bond acceptors (Lipinski definition) is 1. The average Bonchev–Trinajstić information content (AvgIpc) is 2.92. The van der Waals surface area contributed by atoms with Crippen LogP contribution >= 0.6 is 11.6 Å². The second kappa shape index (κ2) is 3.92. The molecule has 1 saturated carbocycles. The van der Waals surface area contributed by atoms with Gasteiger partial charge in [0, 0.05) is 17.0 Å². The van der Waals surface area contributed by atoms with Gasteiger partial charge in [-0.15, -0.1) is 0 Å². The molecule has 1 aromatic carbocycles. The predicted molar refractivity (Wildman–Crippen MR) is 60.6 cm³/mol. The van der Waals surface area contributed by atoms with Crippen LogP contribution in [-0.2, 0) is 0 Å². The summed E-state index contributed by atoms with van der Waals surface area (Å²) in [6.45, 7) is 2.09. The maximum atomic E-state index is 6.01. The molecular formula is C12H16ClN. The summed E-state index contributed by atoms with van der Waals surface area (Å²) < 4.78 is 0. The van der Waals surface area contributed by atoms with Gasteiger partial charge in [0.1, 0.15) is 0 Å². The van der Waals surface area contributed by atoms with Crippen LogP contribution in [0.4, 0.5) is 0 Å². The summed E-state index contributed by atoms with van der Waals surface area (Å²) >= 11 is 5.86. The lowest BCUT2D eigenvalue weighted by Crippen LogP contribution is -2.26. The first-order chi connectivity index (χ1) is 6.68. The van der Waals surface area contributed by atoms with Gasteiger partial charge >= 0.3 is 0 Å². The molecule has 0 radical (unpaired) electrons. The largest absolute Gasteiger partial charge is 0.327 e. The third-order valence-corrected chi connectivity index (χ3v) is 3.20. The molecule has 1 aliphatic rings. The maximum absolute atomic E-state index is 6.01. The number of benzene rings is 1. The zero-order valence-electron chi connectivity index (χ0n) is 8.41. The van der Waals surface area contributed by atoms with Gasteiger partial charge in [0.25, 0.3) is 0 Å². The smallest absolute Gasteiger partial charge is 0.0406 e. The fourth-order valence-electron chi connectivity index (χ4n) is 2.15. The molecule has 0 heterocycles. The Morgan fingerprint density at radius 3 is 2.29 bits per heavy atom. The van der Waals surface area contributed by atoms with Crippen molar-refractivity contribution in [1.29, 1.82) is 0 Å². The fraction of sp³-hybridized carbons (Fsp3) is 0.500. The molecule has 0 amide bonds. The Balaban J connectivity index is 2.21. The molecule has 1 aliphatic carbocycles. The van der Waals surface area contributed by atoms with Crippen molar-refractivity contribution in [2.75, 3.05) is 0 Å². The SMILES string of the molecule is CC(N)C(c1ccc(Cl)cc1)C1CC1. The van der Waals surface area contributed by atoms with Gasteiger partial charge in [0.2, 0.25) is 0 Å². The third-order valence-electron chi connectivity index (χ3n) is 2.95. The van der Waals surface area contributed by atoms with Gasteiger partial charge in [-0.1, -0.05) is 23.7 Å². The van der Waals surface area contributed by atoms with E-state index in [1.54, 1.807) is 0 Å². The molecule has 0 aromatic heterocycles. The van der Waals surface area contributed by atoms with Gasteiger partial charge in [-0.25, -0.2) is 0 Å². The van der Waals surface area contributed by atoms with E-state index >= 15 is 0 Å². The molecule has 0 aliphatic heterocycles. The lowest BCUT2D eigenvalue weighted by molar-refractivity contribution is 0.511. The molecule has 1 fully saturated rings. The van der Waals surface area contributed by atoms with Crippen LogP contribution < -0.4 is 5.73 Å². The van der Waals surface area contributed by atoms with Crippen LogP contribution in [0.5, 0.6) is 0 Å². The van der Waals surface area contributed by atoms with Gasteiger partial charge in [-0.05, 0) is 43.4 Å². The number of halogens is 1. The first kappa shape index (κ1) is 10.0. The van der Waals surface area contributed by atoms with Crippen molar-refractivity contribution in [3.8, 4) is 0 Å². The van der Waals surface area contributed by atoms with Crippen molar-refractivity contribution in [3.05, 3.63) is 34.9 Å². The van der Waals surface area contributed by atoms with Crippen LogP contribution in [-0.4, -0.2) is 6.04 Å². The van der Waals surface area contributed by atoms with Gasteiger partial charge in [0.15, 0.2) is 0 Å². The molecule has 76 valence electrons. The van der Waals surface area contributed by atoms with Gasteiger partial charge in [0.05, 0.1) is 0 Å². The van der Waals surface area contributed by atoms with Gasteiger partial charge in [-0.3, -0.25) is 0 Å². The maximum Gasteiger partial charge on any atom is 0.0406 e. The summed E-state index contributed by atoms with van der Waals surface area (Å²) in [5.74, 6) is 1.32. The zero-order valence-corrected chi connectivity index (χ0v) is 9.17. The van der Waals surface area contributed by atoms with Crippen molar-refractivity contribution < 1.29 is 0 Å². The van der Waals surface area contributed by atoms with Crippen LogP contribution in [0.1, 0.15) is 31.2 Å². The van der Waals surface area contributed by atoms with E-state index in [1.807, 2.05) is 12.1 Å². The monoisotopic (exact) mass is 209 g/mol. The molecule has 14 heavy (non-hydrogen) atoms. The molecule has 1 nitrogen and oxygen atoms in total. The molecule has 2 atom stereocenters. The number of hydrogen-bond donors (Lipinski definition) is 1. The minimum atomic E-state index is 0.240. The second-order valence-electron chi connectivity index (χ2n) is 4.27. The van der Waals surface area contributed by atoms with E-state index in [9.17, 15) is 0 Å². The van der Waals surface area contributed by atoms with E-state index in [4.69, 9.17) is 17.3 Å². The van der Waals surface area contributed by atoms with E-state index in [1.165, 1.54) is 18.4 Å². The van der Waals surface area contributed by atoms with E-state index in [0.29, 0.717) is 5.92 Å². The summed E-state index contributed by atoms with van der Waals surface area (Å²) in [4.78, 5) is 0. The normalized spacial score (nSPS) is 20.5. The average molecular weight is 210 g/mol. The van der Waals surface area contributed by atoms with Crippen molar-refractivity contribution in [2.24, 2.45) is 11.7 Å². The topological polar surface area (TPSA) is 26.0 Å². The van der Waals surface area contributed by atoms with Crippen LogP contribution in [0.25, 0.3) is 0 Å². The predicted octanol–water partition coefficient (Wildman–Crippen LogP) is 3.18. The lowest BCUT2D eigenvalue weighted by Gasteiger charge is -2.20. The van der Waals surface area contributed by atoms with Crippen molar-refractivity contribution >= 4 is 11.6 Å². The van der Waals surface area contributed by atoms with E-state index in [2.05, 4.69) is 19.1 Å². The van der Waals surface area contributed by atoms with Gasteiger partial charge < -0.3 is 5.73 Å². The molecule has 2 N–H and O–H groups in total. The standard InChI is InChI=1S/C12H16ClN/c1-8(14)12(9-2-3-9)10-4-6-11(13)7-5-10/h4-9,12H,2-3,14H2,1H3. The van der Waals surface area contributed by atoms with E-state index in [0.717, 1.165) is 10.9 Å². The van der Waals surface area contributed by atoms with Crippen molar-refractivity contribution in [2.45, 2.75) is 31.7 Å². The van der Waals surface area contributed by atoms with Crippen LogP contribution in [0, 0.1) is 5.92 Å². The Kier molecular flexibility index (Phi) is 2.80. The highest BCUT2D eigenvalue weighted by Crippen LogP contribution is 2.44. The van der Waals surface area contributed by atoms with Crippen molar-refractivity contribution in [3.63, 3.8) is 0 Å². The zero-order chi connectivity index (χ0) is 10.1. The molecule has 1 aromatic rings. The molecule has 2 heteroatoms. The summed E-state index contributed by atoms with van der Waals surface area (Å²) in [7, 11) is 0. The Bertz CT molecular complexity index is 299. The molecule has 0 saturated heterocycles. The van der Waals surface area contributed by atoms with Crippen LogP contribution in [0.3, 0.4) is 0 Å². The van der Waals surface area contributed by atoms with E-state index < -0.39 is 0 Å². The third kappa shape index (κ3) is 2.10. The summed E-state index contributed by atoms with van der Waals surface area (Å²) in [6.07, 6.45) is 2.66. The molecule has 0 spiro atoms. The quantitative estimate of drug-likeness (QED) is 0.813. The lowest BCUT2D eigenvalue weighted by atomic mass is 9.88. The molecule has 2 unspecified atom stereocenters. The summed E-state index contributed by atoms with van der Waals surface area (Å²) in [5.41, 5.74) is 7.35. The highest BCUT2D eigenvalue weighted by atomic mass is 35.5. The molecule has 2 rings (SSSR count). The Morgan fingerprint density at radius 2 is 1.86 bits per heavy atom. The fourth-order valence-corrected chi connectivity index (χ4v) is 2.27. The minimum Gasteiger partial charge on any atom is -0.327 e. The van der Waals surface area contributed by atoms with Gasteiger partial charge in [-0.2, -0.15) is 0 Å². The first-order valence-electron chi connectivity index (χ1n) is 5.19. The minimum absolute atomic E-state index is 0.240. The Morgan fingerprint density at radius 1 is 1.29 bits per heavy atom. The summed E-state index contributed by atoms with van der Waals surface area (Å²) in [5, 5.41) is 0.799. The number of rotatable bonds is 3.